The molecule has 17 heavy (non-hydrogen) atoms. The summed E-state index contributed by atoms with van der Waals surface area (Å²) in [5, 5.41) is 0. The molecule has 1 nitrogen and oxygen atoms in total. The van der Waals surface area contributed by atoms with Crippen molar-refractivity contribution in [3.8, 4) is 0 Å². The largest absolute Gasteiger partial charge is 0.380 e. The minimum atomic E-state index is 0.189. The molecule has 1 aliphatic heterocycles. The van der Waals surface area contributed by atoms with Gasteiger partial charge in [0.2, 0.25) is 0 Å². The Balaban J connectivity index is 1.98. The summed E-state index contributed by atoms with van der Waals surface area (Å²) in [5.74, 6) is 3.86. The van der Waals surface area contributed by atoms with Crippen LogP contribution in [0.1, 0.15) is 31.9 Å². The van der Waals surface area contributed by atoms with E-state index in [4.69, 9.17) is 4.74 Å². The minimum absolute atomic E-state index is 0.189. The van der Waals surface area contributed by atoms with Crippen molar-refractivity contribution in [2.24, 2.45) is 0 Å². The van der Waals surface area contributed by atoms with E-state index in [1.54, 1.807) is 0 Å². The zero-order valence-corrected chi connectivity index (χ0v) is 12.1. The average Bonchev–Trinajstić information content (AvgIpc) is 2.30. The summed E-state index contributed by atoms with van der Waals surface area (Å²) in [7, 11) is 0.189. The Hall–Kier alpha value is -0.470. The lowest BCUT2D eigenvalue weighted by atomic mass is 9.87. The van der Waals surface area contributed by atoms with E-state index in [0.717, 1.165) is 13.2 Å². The quantitative estimate of drug-likeness (QED) is 0.792. The Kier molecular flexibility index (Phi) is 4.16. The highest BCUT2D eigenvalue weighted by atomic mass is 32.2. The van der Waals surface area contributed by atoms with Crippen LogP contribution in [0.5, 0.6) is 0 Å². The zero-order chi connectivity index (χ0) is 12.3. The van der Waals surface area contributed by atoms with Gasteiger partial charge in [-0.1, -0.05) is 45.0 Å². The van der Waals surface area contributed by atoms with Gasteiger partial charge >= 0.3 is 0 Å². The van der Waals surface area contributed by atoms with Crippen LogP contribution >= 0.6 is 10.9 Å². The number of hydrogen-bond donors (Lipinski definition) is 1. The molecule has 2 heteroatoms. The van der Waals surface area contributed by atoms with Crippen LogP contribution in [0.4, 0.5) is 0 Å². The molecule has 1 fully saturated rings. The first kappa shape index (κ1) is 13.0. The third kappa shape index (κ3) is 3.75. The summed E-state index contributed by atoms with van der Waals surface area (Å²) in [6.07, 6.45) is 0. The first-order valence-electron chi connectivity index (χ1n) is 6.45. The van der Waals surface area contributed by atoms with Crippen LogP contribution in [-0.2, 0) is 15.9 Å². The number of benzene rings is 1. The van der Waals surface area contributed by atoms with Crippen molar-refractivity contribution in [3.63, 3.8) is 0 Å². The van der Waals surface area contributed by atoms with E-state index in [1.165, 1.54) is 28.4 Å². The molecular weight excluding hydrogens is 228 g/mol. The Morgan fingerprint density at radius 2 is 1.65 bits per heavy atom. The van der Waals surface area contributed by atoms with Gasteiger partial charge in [0.15, 0.2) is 0 Å². The van der Waals surface area contributed by atoms with E-state index in [0.29, 0.717) is 0 Å². The molecule has 0 radical (unpaired) electrons. The van der Waals surface area contributed by atoms with Crippen LogP contribution in [-0.4, -0.2) is 24.7 Å². The molecule has 1 aromatic carbocycles. The van der Waals surface area contributed by atoms with Gasteiger partial charge in [0.25, 0.3) is 0 Å². The van der Waals surface area contributed by atoms with Crippen molar-refractivity contribution in [1.82, 2.24) is 0 Å². The van der Waals surface area contributed by atoms with Crippen molar-refractivity contribution in [1.29, 1.82) is 0 Å². The van der Waals surface area contributed by atoms with Gasteiger partial charge in [-0.25, -0.2) is 10.9 Å². The van der Waals surface area contributed by atoms with Crippen molar-refractivity contribution in [3.05, 3.63) is 35.4 Å². The minimum Gasteiger partial charge on any atom is -0.380 e. The molecule has 0 aromatic heterocycles. The fourth-order valence-electron chi connectivity index (χ4n) is 2.13. The smallest absolute Gasteiger partial charge is 0.0540 e. The second-order valence-electron chi connectivity index (χ2n) is 5.84. The molecule has 1 aliphatic rings. The van der Waals surface area contributed by atoms with E-state index in [-0.39, 0.29) is 16.3 Å². The van der Waals surface area contributed by atoms with Crippen LogP contribution in [0.15, 0.2) is 24.3 Å². The van der Waals surface area contributed by atoms with Crippen LogP contribution in [0.2, 0.25) is 0 Å². The van der Waals surface area contributed by atoms with Gasteiger partial charge in [-0.2, -0.15) is 0 Å². The van der Waals surface area contributed by atoms with E-state index in [2.05, 4.69) is 45.0 Å². The van der Waals surface area contributed by atoms with E-state index in [9.17, 15) is 0 Å². The first-order chi connectivity index (χ1) is 8.05. The lowest BCUT2D eigenvalue weighted by Crippen LogP contribution is -2.16. The Bertz CT molecular complexity index is 344. The van der Waals surface area contributed by atoms with Crippen molar-refractivity contribution in [2.75, 3.05) is 24.7 Å². The first-order valence-corrected chi connectivity index (χ1v) is 8.35. The molecule has 0 aliphatic carbocycles. The molecule has 0 amide bonds. The molecule has 0 unspecified atom stereocenters. The van der Waals surface area contributed by atoms with Gasteiger partial charge in [-0.05, 0) is 28.0 Å². The number of hydrogen-bond acceptors (Lipinski definition) is 1. The fraction of sp³-hybridized carbons (Fsp3) is 0.600. The highest BCUT2D eigenvalue weighted by Crippen LogP contribution is 2.32. The maximum Gasteiger partial charge on any atom is 0.0540 e. The second kappa shape index (κ2) is 5.45. The van der Waals surface area contributed by atoms with Crippen LogP contribution in [0.25, 0.3) is 0 Å². The maximum atomic E-state index is 5.42. The third-order valence-electron chi connectivity index (χ3n) is 3.33. The summed E-state index contributed by atoms with van der Waals surface area (Å²) in [6, 6.07) is 9.23. The molecule has 0 saturated carbocycles. The third-order valence-corrected chi connectivity index (χ3v) is 5.77. The molecular formula is C15H24OS. The highest BCUT2D eigenvalue weighted by Gasteiger charge is 2.14. The molecule has 0 spiro atoms. The standard InChI is InChI=1S/C15H24OS/c1-15(2,3)14-6-4-13(5-7-14)12-17-10-8-16-9-11-17/h4-7,17H,8-12H2,1-3H3. The predicted molar refractivity (Wildman–Crippen MR) is 78.4 cm³/mol. The molecule has 0 bridgehead atoms. The van der Waals surface area contributed by atoms with E-state index in [1.807, 2.05) is 0 Å². The average molecular weight is 252 g/mol. The molecule has 0 atom stereocenters. The summed E-state index contributed by atoms with van der Waals surface area (Å²) < 4.78 is 5.42. The van der Waals surface area contributed by atoms with Crippen molar-refractivity contribution in [2.45, 2.75) is 31.9 Å². The topological polar surface area (TPSA) is 9.23 Å². The number of ether oxygens (including phenoxy) is 1. The van der Waals surface area contributed by atoms with Crippen molar-refractivity contribution < 1.29 is 4.74 Å². The van der Waals surface area contributed by atoms with Crippen LogP contribution < -0.4 is 0 Å². The molecule has 1 aromatic rings. The maximum absolute atomic E-state index is 5.42. The van der Waals surface area contributed by atoms with Crippen molar-refractivity contribution >= 4 is 10.9 Å². The van der Waals surface area contributed by atoms with E-state index >= 15 is 0 Å². The molecule has 96 valence electrons. The Morgan fingerprint density at radius 1 is 1.06 bits per heavy atom. The molecule has 2 rings (SSSR count). The second-order valence-corrected chi connectivity index (χ2v) is 8.39. The van der Waals surface area contributed by atoms with Gasteiger partial charge in [0.05, 0.1) is 13.2 Å². The van der Waals surface area contributed by atoms with Gasteiger partial charge in [0.1, 0.15) is 0 Å². The number of rotatable bonds is 2. The van der Waals surface area contributed by atoms with Crippen LogP contribution in [0.3, 0.4) is 0 Å². The Morgan fingerprint density at radius 3 is 2.18 bits per heavy atom. The van der Waals surface area contributed by atoms with E-state index < -0.39 is 0 Å². The molecule has 0 N–H and O–H groups in total. The van der Waals surface area contributed by atoms with Gasteiger partial charge in [-0.3, -0.25) is 0 Å². The van der Waals surface area contributed by atoms with Crippen LogP contribution in [0, 0.1) is 0 Å². The summed E-state index contributed by atoms with van der Waals surface area (Å²) >= 11 is 0. The highest BCUT2D eigenvalue weighted by molar-refractivity contribution is 8.16. The SMILES string of the molecule is CC(C)(C)c1ccc(C[SH]2CCOCC2)cc1. The zero-order valence-electron chi connectivity index (χ0n) is 11.2. The Labute approximate surface area is 108 Å². The van der Waals surface area contributed by atoms with Gasteiger partial charge < -0.3 is 4.74 Å². The lowest BCUT2D eigenvalue weighted by molar-refractivity contribution is 0.160. The molecule has 1 saturated heterocycles. The summed E-state index contributed by atoms with van der Waals surface area (Å²) in [5.41, 5.74) is 3.20. The normalized spacial score (nSPS) is 19.4. The monoisotopic (exact) mass is 252 g/mol. The molecule has 1 heterocycles. The van der Waals surface area contributed by atoms with Gasteiger partial charge in [0, 0.05) is 5.75 Å². The lowest BCUT2D eigenvalue weighted by Gasteiger charge is -2.26. The number of thiol groups is 1. The van der Waals surface area contributed by atoms with Gasteiger partial charge in [-0.15, -0.1) is 0 Å². The fourth-order valence-corrected chi connectivity index (χ4v) is 4.17. The predicted octanol–water partition coefficient (Wildman–Crippen LogP) is 3.52. The summed E-state index contributed by atoms with van der Waals surface area (Å²) in [4.78, 5) is 0. The summed E-state index contributed by atoms with van der Waals surface area (Å²) in [6.45, 7) is 8.76.